The van der Waals surface area contributed by atoms with Gasteiger partial charge in [-0.25, -0.2) is 4.79 Å². The van der Waals surface area contributed by atoms with E-state index in [2.05, 4.69) is 33.2 Å². The minimum atomic E-state index is -0.850. The molecule has 0 aromatic heterocycles. The van der Waals surface area contributed by atoms with Crippen molar-refractivity contribution in [2.75, 3.05) is 19.0 Å². The van der Waals surface area contributed by atoms with Gasteiger partial charge in [-0.1, -0.05) is 44.2 Å². The first-order chi connectivity index (χ1) is 17.8. The van der Waals surface area contributed by atoms with Crippen LogP contribution in [0.25, 0.3) is 0 Å². The van der Waals surface area contributed by atoms with Crippen molar-refractivity contribution >= 4 is 29.3 Å². The number of hydrogen-bond acceptors (Lipinski definition) is 7. The Morgan fingerprint density at radius 3 is 2.38 bits per heavy atom. The maximum absolute atomic E-state index is 13.6. The van der Waals surface area contributed by atoms with Crippen LogP contribution in [-0.4, -0.2) is 48.5 Å². The average molecular weight is 509 g/mol. The molecule has 0 saturated heterocycles. The molecule has 9 heteroatoms. The van der Waals surface area contributed by atoms with Crippen molar-refractivity contribution < 1.29 is 24.3 Å². The Bertz CT molecular complexity index is 1100. The molecule has 2 atom stereocenters. The average Bonchev–Trinajstić information content (AvgIpc) is 3.33. The Labute approximate surface area is 217 Å². The molecule has 1 aliphatic rings. The predicted octanol–water partition coefficient (Wildman–Crippen LogP) is 3.73. The number of nitrogens with one attached hydrogen (secondary N) is 3. The normalized spacial score (nSPS) is 17.6. The zero-order valence-electron chi connectivity index (χ0n) is 21.6. The Morgan fingerprint density at radius 2 is 1.78 bits per heavy atom. The van der Waals surface area contributed by atoms with Crippen LogP contribution < -0.4 is 16.1 Å². The number of aliphatic imine (C=N–C) groups is 1. The van der Waals surface area contributed by atoms with Gasteiger partial charge < -0.3 is 15.4 Å². The Morgan fingerprint density at radius 1 is 1.08 bits per heavy atom. The molecule has 0 fully saturated rings. The van der Waals surface area contributed by atoms with Gasteiger partial charge in [0.05, 0.1) is 24.6 Å². The fourth-order valence-electron chi connectivity index (χ4n) is 4.51. The van der Waals surface area contributed by atoms with Gasteiger partial charge in [0.15, 0.2) is 0 Å². The molecular formula is C28H36N4O5. The van der Waals surface area contributed by atoms with E-state index in [9.17, 15) is 19.6 Å². The van der Waals surface area contributed by atoms with Gasteiger partial charge in [0.1, 0.15) is 11.9 Å². The summed E-state index contributed by atoms with van der Waals surface area (Å²) in [6.07, 6.45) is 2.86. The number of aryl methyl sites for hydroxylation is 1. The van der Waals surface area contributed by atoms with Crippen molar-refractivity contribution in [2.45, 2.75) is 52.0 Å². The van der Waals surface area contributed by atoms with E-state index >= 15 is 0 Å². The van der Waals surface area contributed by atoms with Gasteiger partial charge in [-0.05, 0) is 61.4 Å². The third-order valence-corrected chi connectivity index (χ3v) is 6.56. The summed E-state index contributed by atoms with van der Waals surface area (Å²) in [5.74, 6) is -0.536. The first-order valence-electron chi connectivity index (χ1n) is 12.5. The quantitative estimate of drug-likeness (QED) is 0.270. The van der Waals surface area contributed by atoms with Gasteiger partial charge in [-0.15, -0.1) is 0 Å². The molecule has 0 spiro atoms. The third-order valence-electron chi connectivity index (χ3n) is 6.56. The van der Waals surface area contributed by atoms with Gasteiger partial charge in [0.25, 0.3) is 0 Å². The van der Waals surface area contributed by atoms with Crippen LogP contribution in [0.1, 0.15) is 55.5 Å². The van der Waals surface area contributed by atoms with E-state index in [0.29, 0.717) is 29.9 Å². The first-order valence-corrected chi connectivity index (χ1v) is 12.5. The van der Waals surface area contributed by atoms with Crippen LogP contribution in [0.2, 0.25) is 0 Å². The monoisotopic (exact) mass is 508 g/mol. The van der Waals surface area contributed by atoms with E-state index in [1.165, 1.54) is 12.7 Å². The molecule has 9 nitrogen and oxygen atoms in total. The van der Waals surface area contributed by atoms with E-state index in [-0.39, 0.29) is 30.7 Å². The number of hydroxylamine groups is 1. The van der Waals surface area contributed by atoms with Crippen molar-refractivity contribution in [3.63, 3.8) is 0 Å². The molecule has 0 bridgehead atoms. The molecule has 0 aliphatic carbocycles. The van der Waals surface area contributed by atoms with Gasteiger partial charge in [-0.2, -0.15) is 0 Å². The number of esters is 1. The summed E-state index contributed by atoms with van der Waals surface area (Å²) >= 11 is 0. The maximum atomic E-state index is 13.6. The lowest BCUT2D eigenvalue weighted by atomic mass is 9.79. The number of carbonyl (C=O) groups is 3. The minimum Gasteiger partial charge on any atom is -0.465 e. The summed E-state index contributed by atoms with van der Waals surface area (Å²) < 4.78 is 4.71. The van der Waals surface area contributed by atoms with Crippen LogP contribution in [0, 0.1) is 11.3 Å². The lowest BCUT2D eigenvalue weighted by Crippen LogP contribution is -2.51. The van der Waals surface area contributed by atoms with Crippen LogP contribution in [0.15, 0.2) is 59.6 Å². The highest BCUT2D eigenvalue weighted by Crippen LogP contribution is 2.35. The lowest BCUT2D eigenvalue weighted by Gasteiger charge is -2.30. The summed E-state index contributed by atoms with van der Waals surface area (Å²) in [4.78, 5) is 42.8. The van der Waals surface area contributed by atoms with Crippen molar-refractivity contribution in [2.24, 2.45) is 16.3 Å². The van der Waals surface area contributed by atoms with Gasteiger partial charge >= 0.3 is 5.97 Å². The molecule has 0 radical (unpaired) electrons. The van der Waals surface area contributed by atoms with Crippen LogP contribution in [0.5, 0.6) is 0 Å². The fraction of sp³-hybridized carbons (Fsp3) is 0.429. The smallest absolute Gasteiger partial charge is 0.337 e. The van der Waals surface area contributed by atoms with Crippen molar-refractivity contribution in [1.82, 2.24) is 10.8 Å². The number of hydrogen-bond donors (Lipinski definition) is 4. The Balaban J connectivity index is 1.70. The molecule has 198 valence electrons. The molecule has 3 rings (SSSR count). The molecule has 2 unspecified atom stereocenters. The second-order valence-electron chi connectivity index (χ2n) is 9.88. The fourth-order valence-corrected chi connectivity index (χ4v) is 4.51. The standard InChI is InChI=1S/C28H36N4O5/c1-19(2)16-23(25(33)30-22-13-11-21(12-14-22)26(34)37-3)31-27(35)28(17-24(32-36)29-18-28)15-7-10-20-8-5-4-6-9-20/h4-6,8-9,11-14,19,23,36H,7,10,15-18H2,1-3H3,(H,29,32)(H,30,33)(H,31,35). The topological polar surface area (TPSA) is 129 Å². The van der Waals surface area contributed by atoms with Crippen molar-refractivity contribution in [1.29, 1.82) is 0 Å². The van der Waals surface area contributed by atoms with E-state index in [0.717, 1.165) is 12.8 Å². The molecule has 2 aromatic carbocycles. The molecule has 2 amide bonds. The largest absolute Gasteiger partial charge is 0.465 e. The van der Waals surface area contributed by atoms with E-state index in [1.807, 2.05) is 32.0 Å². The number of carbonyl (C=O) groups excluding carboxylic acids is 3. The van der Waals surface area contributed by atoms with E-state index < -0.39 is 17.4 Å². The predicted molar refractivity (Wildman–Crippen MR) is 141 cm³/mol. The van der Waals surface area contributed by atoms with Gasteiger partial charge in [0, 0.05) is 12.1 Å². The van der Waals surface area contributed by atoms with Crippen molar-refractivity contribution in [3.05, 3.63) is 65.7 Å². The van der Waals surface area contributed by atoms with E-state index in [1.54, 1.807) is 24.3 Å². The summed E-state index contributed by atoms with van der Waals surface area (Å²) in [5, 5.41) is 15.2. The summed E-state index contributed by atoms with van der Waals surface area (Å²) in [6, 6.07) is 15.7. The highest BCUT2D eigenvalue weighted by Gasteiger charge is 2.44. The molecule has 4 N–H and O–H groups in total. The summed E-state index contributed by atoms with van der Waals surface area (Å²) in [7, 11) is 1.31. The number of nitrogens with zero attached hydrogens (tertiary/aromatic N) is 1. The molecule has 37 heavy (non-hydrogen) atoms. The minimum absolute atomic E-state index is 0.154. The number of amidine groups is 1. The third kappa shape index (κ3) is 7.63. The number of anilines is 1. The molecular weight excluding hydrogens is 472 g/mol. The maximum Gasteiger partial charge on any atom is 0.337 e. The van der Waals surface area contributed by atoms with Crippen LogP contribution >= 0.6 is 0 Å². The second kappa shape index (κ2) is 13.0. The van der Waals surface area contributed by atoms with E-state index in [4.69, 9.17) is 4.74 Å². The number of methoxy groups -OCH3 is 1. The number of rotatable bonds is 11. The van der Waals surface area contributed by atoms with Gasteiger partial charge in [0.2, 0.25) is 11.8 Å². The molecule has 2 aromatic rings. The summed E-state index contributed by atoms with van der Waals surface area (Å²) in [5.41, 5.74) is 3.32. The lowest BCUT2D eigenvalue weighted by molar-refractivity contribution is -0.134. The SMILES string of the molecule is COC(=O)c1ccc(NC(=O)C(CC(C)C)NC(=O)C2(CCCc3ccccc3)CN=C(NO)C2)cc1. The highest BCUT2D eigenvalue weighted by molar-refractivity contribution is 6.00. The van der Waals surface area contributed by atoms with Crippen LogP contribution in [0.4, 0.5) is 5.69 Å². The zero-order valence-corrected chi connectivity index (χ0v) is 21.6. The molecule has 1 aliphatic heterocycles. The Hall–Kier alpha value is -3.72. The summed E-state index contributed by atoms with van der Waals surface area (Å²) in [6.45, 7) is 4.21. The number of amides is 2. The Kier molecular flexibility index (Phi) is 9.79. The highest BCUT2D eigenvalue weighted by atomic mass is 16.5. The number of benzene rings is 2. The van der Waals surface area contributed by atoms with Crippen LogP contribution in [-0.2, 0) is 20.7 Å². The van der Waals surface area contributed by atoms with Gasteiger partial charge in [-0.3, -0.25) is 25.3 Å². The molecule has 1 heterocycles. The second-order valence-corrected chi connectivity index (χ2v) is 9.88. The van der Waals surface area contributed by atoms with Crippen LogP contribution in [0.3, 0.4) is 0 Å². The van der Waals surface area contributed by atoms with Crippen molar-refractivity contribution in [3.8, 4) is 0 Å². The first kappa shape index (κ1) is 27.9. The zero-order chi connectivity index (χ0) is 26.8. The molecule has 0 saturated carbocycles. The number of ether oxygens (including phenoxy) is 1.